The van der Waals surface area contributed by atoms with E-state index >= 15 is 0 Å². The maximum Gasteiger partial charge on any atom is 0.339 e. The summed E-state index contributed by atoms with van der Waals surface area (Å²) in [5.74, 6) is -2.47. The fraction of sp³-hybridized carbons (Fsp3) is 0.194. The Morgan fingerprint density at radius 3 is 2.43 bits per heavy atom. The number of pyridine rings is 1. The molecule has 0 bridgehead atoms. The Morgan fingerprint density at radius 2 is 1.70 bits per heavy atom. The lowest BCUT2D eigenvalue weighted by Crippen LogP contribution is -2.31. The molecule has 0 saturated carbocycles. The largest absolute Gasteiger partial charge is 0.507 e. The molecule has 2 aromatic heterocycles. The monoisotopic (exact) mass is 668 g/mol. The Balaban J connectivity index is 1.35. The first-order valence-electron chi connectivity index (χ1n) is 15.1. The van der Waals surface area contributed by atoms with Gasteiger partial charge < -0.3 is 20.4 Å². The van der Waals surface area contributed by atoms with Gasteiger partial charge in [0.2, 0.25) is 0 Å². The molecule has 0 aliphatic heterocycles. The van der Waals surface area contributed by atoms with Gasteiger partial charge in [-0.25, -0.2) is 14.8 Å². The molecule has 240 valence electrons. The zero-order valence-corrected chi connectivity index (χ0v) is 27.2. The van der Waals surface area contributed by atoms with E-state index in [1.807, 2.05) is 24.3 Å². The molecule has 2 heterocycles. The Labute approximate surface area is 281 Å². The number of aromatic carboxylic acids is 1. The normalized spacial score (nSPS) is 10.9. The lowest BCUT2D eigenvalue weighted by molar-refractivity contribution is 0.0693. The Kier molecular flexibility index (Phi) is 11.0. The molecule has 3 aromatic carbocycles. The molecule has 0 atom stereocenters. The van der Waals surface area contributed by atoms with Crippen molar-refractivity contribution in [3.63, 3.8) is 0 Å². The number of benzene rings is 3. The van der Waals surface area contributed by atoms with E-state index in [1.54, 1.807) is 17.5 Å². The minimum atomic E-state index is -1.34. The summed E-state index contributed by atoms with van der Waals surface area (Å²) in [7, 11) is 0. The van der Waals surface area contributed by atoms with Crippen LogP contribution < -0.4 is 10.2 Å². The molecule has 9 nitrogen and oxygen atoms in total. The molecule has 0 saturated heterocycles. The number of phenols is 1. The highest BCUT2D eigenvalue weighted by molar-refractivity contribution is 7.13. The van der Waals surface area contributed by atoms with Crippen LogP contribution in [0.25, 0.3) is 10.6 Å². The van der Waals surface area contributed by atoms with Gasteiger partial charge in [-0.3, -0.25) is 9.59 Å². The number of unbranched alkanes of at least 4 members (excludes halogenated alkanes) is 2. The number of thiazole rings is 1. The van der Waals surface area contributed by atoms with Crippen LogP contribution in [-0.4, -0.2) is 38.0 Å². The summed E-state index contributed by atoms with van der Waals surface area (Å²) in [4.78, 5) is 48.8. The lowest BCUT2D eigenvalue weighted by atomic mass is 10.0. The van der Waals surface area contributed by atoms with Gasteiger partial charge in [-0.15, -0.1) is 11.3 Å². The molecule has 11 heteroatoms. The molecular formula is C36H33ClN4O5S. The second-order valence-corrected chi connectivity index (χ2v) is 12.2. The topological polar surface area (TPSA) is 133 Å². The van der Waals surface area contributed by atoms with Crippen LogP contribution in [0.3, 0.4) is 0 Å². The van der Waals surface area contributed by atoms with E-state index in [0.717, 1.165) is 12.0 Å². The van der Waals surface area contributed by atoms with Gasteiger partial charge in [-0.05, 0) is 60.4 Å². The highest BCUT2D eigenvalue weighted by Crippen LogP contribution is 2.31. The number of aromatic hydroxyl groups is 1. The summed E-state index contributed by atoms with van der Waals surface area (Å²) >= 11 is 7.24. The van der Waals surface area contributed by atoms with Crippen molar-refractivity contribution in [1.29, 1.82) is 0 Å². The molecule has 0 aliphatic carbocycles. The molecule has 5 rings (SSSR count). The minimum absolute atomic E-state index is 0.0232. The zero-order valence-electron chi connectivity index (χ0n) is 25.6. The van der Waals surface area contributed by atoms with E-state index < -0.39 is 17.6 Å². The van der Waals surface area contributed by atoms with Crippen LogP contribution in [0, 0.1) is 0 Å². The van der Waals surface area contributed by atoms with E-state index in [1.165, 1.54) is 77.6 Å². The van der Waals surface area contributed by atoms with Crippen LogP contribution in [0.15, 0.2) is 90.4 Å². The Morgan fingerprint density at radius 1 is 0.936 bits per heavy atom. The molecule has 5 aromatic rings. The number of rotatable bonds is 13. The highest BCUT2D eigenvalue weighted by atomic mass is 35.5. The first-order valence-corrected chi connectivity index (χ1v) is 16.4. The lowest BCUT2D eigenvalue weighted by Gasteiger charge is -2.22. The number of amides is 2. The molecule has 0 radical (unpaired) electrons. The number of hydrogen-bond donors (Lipinski definition) is 3. The number of halogens is 1. The van der Waals surface area contributed by atoms with Gasteiger partial charge in [0.25, 0.3) is 11.8 Å². The van der Waals surface area contributed by atoms with Gasteiger partial charge in [0.05, 0.1) is 17.8 Å². The van der Waals surface area contributed by atoms with Crippen molar-refractivity contribution in [2.45, 2.75) is 45.7 Å². The molecule has 0 aliphatic rings. The summed E-state index contributed by atoms with van der Waals surface area (Å²) < 4.78 is 0. The van der Waals surface area contributed by atoms with E-state index in [2.05, 4.69) is 29.4 Å². The maximum absolute atomic E-state index is 13.7. The van der Waals surface area contributed by atoms with E-state index in [4.69, 9.17) is 16.6 Å². The van der Waals surface area contributed by atoms with Gasteiger partial charge in [-0.1, -0.05) is 73.8 Å². The fourth-order valence-electron chi connectivity index (χ4n) is 5.02. The zero-order chi connectivity index (χ0) is 33.3. The van der Waals surface area contributed by atoms with Crippen LogP contribution in [-0.2, 0) is 19.5 Å². The van der Waals surface area contributed by atoms with Crippen molar-refractivity contribution in [3.8, 4) is 16.3 Å². The average Bonchev–Trinajstić information content (AvgIpc) is 3.55. The molecular weight excluding hydrogens is 636 g/mol. The van der Waals surface area contributed by atoms with Crippen molar-refractivity contribution in [1.82, 2.24) is 15.3 Å². The molecule has 0 fully saturated rings. The number of carboxylic acid groups (broad SMARTS) is 1. The predicted molar refractivity (Wildman–Crippen MR) is 183 cm³/mol. The Hall–Kier alpha value is -5.06. The number of aromatic nitrogens is 2. The number of nitrogens with zero attached hydrogens (tertiary/aromatic N) is 3. The summed E-state index contributed by atoms with van der Waals surface area (Å²) in [5, 5.41) is 25.2. The second-order valence-electron chi connectivity index (χ2n) is 10.9. The third kappa shape index (κ3) is 8.41. The van der Waals surface area contributed by atoms with E-state index in [-0.39, 0.29) is 34.4 Å². The van der Waals surface area contributed by atoms with Gasteiger partial charge >= 0.3 is 5.97 Å². The van der Waals surface area contributed by atoms with Gasteiger partial charge in [-0.2, -0.15) is 0 Å². The number of aryl methyl sites for hydroxylation is 1. The van der Waals surface area contributed by atoms with Gasteiger partial charge in [0, 0.05) is 34.9 Å². The standard InChI is InChI=1S/C36H33ClN4O5S/c1-2-3-4-7-23-10-12-24(13-11-23)19-39-33(43)28-8-5-6-9-29(28)34-40-26(22-47-34)21-41(35(44)25-14-17-32(37)38-20-25)27-15-16-31(42)30(18-27)36(45)46/h5-6,8-18,20,22,42H,2-4,7,19,21H2,1H3,(H,39,43)(H,45,46). The quantitative estimate of drug-likeness (QED) is 0.0862. The molecule has 0 spiro atoms. The Bertz CT molecular complexity index is 1880. The molecule has 3 N–H and O–H groups in total. The average molecular weight is 669 g/mol. The van der Waals surface area contributed by atoms with Gasteiger partial charge in [0.1, 0.15) is 21.5 Å². The van der Waals surface area contributed by atoms with Crippen LogP contribution in [0.5, 0.6) is 5.75 Å². The smallest absolute Gasteiger partial charge is 0.339 e. The number of carboxylic acids is 1. The van der Waals surface area contributed by atoms with E-state index in [9.17, 15) is 24.6 Å². The number of hydrogen-bond acceptors (Lipinski definition) is 7. The molecule has 2 amide bonds. The van der Waals surface area contributed by atoms with E-state index in [0.29, 0.717) is 28.4 Å². The SMILES string of the molecule is CCCCCc1ccc(CNC(=O)c2ccccc2-c2nc(CN(C(=O)c3ccc(Cl)nc3)c3ccc(O)c(C(=O)O)c3)cs2)cc1. The number of carbonyl (C=O) groups excluding carboxylic acids is 2. The fourth-order valence-corrected chi connectivity index (χ4v) is 5.98. The minimum Gasteiger partial charge on any atom is -0.507 e. The third-order valence-corrected chi connectivity index (χ3v) is 8.71. The second kappa shape index (κ2) is 15.5. The highest BCUT2D eigenvalue weighted by Gasteiger charge is 2.23. The van der Waals surface area contributed by atoms with Crippen LogP contribution in [0.4, 0.5) is 5.69 Å². The summed E-state index contributed by atoms with van der Waals surface area (Å²) in [5.41, 5.74) is 4.03. The number of carbonyl (C=O) groups is 3. The molecule has 47 heavy (non-hydrogen) atoms. The van der Waals surface area contributed by atoms with Crippen LogP contribution in [0.1, 0.15) is 74.1 Å². The predicted octanol–water partition coefficient (Wildman–Crippen LogP) is 7.77. The third-order valence-electron chi connectivity index (χ3n) is 7.56. The van der Waals surface area contributed by atoms with Gasteiger partial charge in [0.15, 0.2) is 0 Å². The van der Waals surface area contributed by atoms with Crippen molar-refractivity contribution < 1.29 is 24.6 Å². The first-order chi connectivity index (χ1) is 22.7. The van der Waals surface area contributed by atoms with Crippen molar-refractivity contribution >= 4 is 46.4 Å². The van der Waals surface area contributed by atoms with Crippen LogP contribution >= 0.6 is 22.9 Å². The summed E-state index contributed by atoms with van der Waals surface area (Å²) in [6.45, 7) is 2.55. The van der Waals surface area contributed by atoms with Crippen LogP contribution in [0.2, 0.25) is 5.15 Å². The summed E-state index contributed by atoms with van der Waals surface area (Å²) in [6.07, 6.45) is 5.94. The molecule has 0 unspecified atom stereocenters. The maximum atomic E-state index is 13.7. The number of nitrogens with one attached hydrogen (secondary N) is 1. The number of anilines is 1. The van der Waals surface area contributed by atoms with Crippen molar-refractivity contribution in [2.75, 3.05) is 4.90 Å². The first kappa shape index (κ1) is 33.3. The summed E-state index contributed by atoms with van der Waals surface area (Å²) in [6, 6.07) is 22.4. The van der Waals surface area contributed by atoms with Crippen molar-refractivity contribution in [3.05, 3.63) is 129 Å². The van der Waals surface area contributed by atoms with Crippen molar-refractivity contribution in [2.24, 2.45) is 0 Å².